The summed E-state index contributed by atoms with van der Waals surface area (Å²) >= 11 is 0. The molecule has 7 heteroatoms. The first-order valence-corrected chi connectivity index (χ1v) is 9.99. The molecular formula is C19H33N3O4. The molecule has 0 bridgehead atoms. The molecule has 0 atom stereocenters. The average molecular weight is 367 g/mol. The third-order valence-electron chi connectivity index (χ3n) is 5.39. The van der Waals surface area contributed by atoms with E-state index < -0.39 is 0 Å². The van der Waals surface area contributed by atoms with Gasteiger partial charge in [0.15, 0.2) is 0 Å². The lowest BCUT2D eigenvalue weighted by Crippen LogP contribution is -2.51. The number of hydrogen-bond donors (Lipinski definition) is 0. The summed E-state index contributed by atoms with van der Waals surface area (Å²) in [6, 6.07) is 0.281. The number of carbonyl (C=O) groups excluding carboxylic acids is 3. The van der Waals surface area contributed by atoms with Gasteiger partial charge in [0.2, 0.25) is 11.8 Å². The van der Waals surface area contributed by atoms with Crippen LogP contribution in [0.1, 0.15) is 58.8 Å². The van der Waals surface area contributed by atoms with Crippen LogP contribution in [0.3, 0.4) is 0 Å². The van der Waals surface area contributed by atoms with Gasteiger partial charge >= 0.3 is 6.09 Å². The van der Waals surface area contributed by atoms with Crippen LogP contribution >= 0.6 is 0 Å². The summed E-state index contributed by atoms with van der Waals surface area (Å²) in [6.45, 7) is 6.31. The highest BCUT2D eigenvalue weighted by Gasteiger charge is 2.27. The monoisotopic (exact) mass is 367 g/mol. The third-order valence-corrected chi connectivity index (χ3v) is 5.39. The van der Waals surface area contributed by atoms with Gasteiger partial charge in [-0.25, -0.2) is 4.79 Å². The van der Waals surface area contributed by atoms with Gasteiger partial charge in [-0.1, -0.05) is 25.7 Å². The third kappa shape index (κ3) is 5.88. The fourth-order valence-corrected chi connectivity index (χ4v) is 3.89. The molecule has 148 valence electrons. The molecule has 3 amide bonds. The van der Waals surface area contributed by atoms with E-state index in [0.29, 0.717) is 45.8 Å². The van der Waals surface area contributed by atoms with Crippen LogP contribution < -0.4 is 0 Å². The zero-order valence-electron chi connectivity index (χ0n) is 16.2. The van der Waals surface area contributed by atoms with Crippen molar-refractivity contribution in [3.63, 3.8) is 0 Å². The van der Waals surface area contributed by atoms with E-state index in [1.165, 1.54) is 12.8 Å². The number of carbonyl (C=O) groups is 3. The number of rotatable bonds is 5. The molecule has 0 unspecified atom stereocenters. The number of hydrogen-bond acceptors (Lipinski definition) is 4. The second kappa shape index (κ2) is 10.4. The molecule has 0 N–H and O–H groups in total. The Balaban J connectivity index is 1.79. The minimum atomic E-state index is -0.310. The molecule has 1 saturated carbocycles. The van der Waals surface area contributed by atoms with E-state index in [1.807, 2.05) is 4.90 Å². The van der Waals surface area contributed by atoms with Crippen molar-refractivity contribution in [2.24, 2.45) is 0 Å². The van der Waals surface area contributed by atoms with Crippen LogP contribution in [0.15, 0.2) is 0 Å². The smallest absolute Gasteiger partial charge is 0.409 e. The largest absolute Gasteiger partial charge is 0.450 e. The van der Waals surface area contributed by atoms with Crippen LogP contribution in [-0.2, 0) is 14.3 Å². The fraction of sp³-hybridized carbons (Fsp3) is 0.842. The van der Waals surface area contributed by atoms with E-state index in [2.05, 4.69) is 0 Å². The summed E-state index contributed by atoms with van der Waals surface area (Å²) in [7, 11) is 0. The van der Waals surface area contributed by atoms with Crippen molar-refractivity contribution in [1.82, 2.24) is 14.7 Å². The summed E-state index contributed by atoms with van der Waals surface area (Å²) < 4.78 is 5.00. The normalized spacial score (nSPS) is 19.0. The lowest BCUT2D eigenvalue weighted by Gasteiger charge is -2.35. The standard InChI is InChI=1S/C19H33N3O4/c1-3-26-19(25)21-14-12-20(13-15-21)18(24)10-11-22(16(2)23)17-8-6-4-5-7-9-17/h17H,3-15H2,1-2H3. The van der Waals surface area contributed by atoms with E-state index in [9.17, 15) is 14.4 Å². The highest BCUT2D eigenvalue weighted by Crippen LogP contribution is 2.22. The van der Waals surface area contributed by atoms with Crippen molar-refractivity contribution in [2.75, 3.05) is 39.3 Å². The molecule has 1 aliphatic heterocycles. The Kier molecular flexibility index (Phi) is 8.19. The number of amides is 3. The molecule has 2 rings (SSSR count). The Labute approximate surface area is 156 Å². The maximum Gasteiger partial charge on any atom is 0.409 e. The second-order valence-corrected chi connectivity index (χ2v) is 7.17. The molecule has 2 fully saturated rings. The minimum absolute atomic E-state index is 0.0633. The average Bonchev–Trinajstić information content (AvgIpc) is 2.91. The minimum Gasteiger partial charge on any atom is -0.450 e. The quantitative estimate of drug-likeness (QED) is 0.699. The molecule has 0 radical (unpaired) electrons. The van der Waals surface area contributed by atoms with Crippen molar-refractivity contribution < 1.29 is 19.1 Å². The van der Waals surface area contributed by atoms with Crippen molar-refractivity contribution in [2.45, 2.75) is 64.8 Å². The van der Waals surface area contributed by atoms with Gasteiger partial charge in [0, 0.05) is 52.1 Å². The molecule has 1 saturated heterocycles. The molecule has 0 aromatic heterocycles. The van der Waals surface area contributed by atoms with E-state index >= 15 is 0 Å². The zero-order valence-corrected chi connectivity index (χ0v) is 16.2. The predicted octanol–water partition coefficient (Wildman–Crippen LogP) is 2.25. The Bertz CT molecular complexity index is 481. The Morgan fingerprint density at radius 1 is 0.962 bits per heavy atom. The van der Waals surface area contributed by atoms with E-state index in [1.54, 1.807) is 23.6 Å². The van der Waals surface area contributed by atoms with Crippen molar-refractivity contribution >= 4 is 17.9 Å². The molecule has 0 aromatic carbocycles. The SMILES string of the molecule is CCOC(=O)N1CCN(C(=O)CCN(C(C)=O)C2CCCCCC2)CC1. The maximum absolute atomic E-state index is 12.5. The summed E-state index contributed by atoms with van der Waals surface area (Å²) in [5, 5.41) is 0. The topological polar surface area (TPSA) is 70.2 Å². The van der Waals surface area contributed by atoms with Gasteiger partial charge in [0.25, 0.3) is 0 Å². The molecular weight excluding hydrogens is 334 g/mol. The highest BCUT2D eigenvalue weighted by molar-refractivity contribution is 5.78. The van der Waals surface area contributed by atoms with Crippen molar-refractivity contribution in [1.29, 1.82) is 0 Å². The highest BCUT2D eigenvalue weighted by atomic mass is 16.6. The summed E-state index contributed by atoms with van der Waals surface area (Å²) in [5.41, 5.74) is 0. The first kappa shape index (κ1) is 20.5. The van der Waals surface area contributed by atoms with Gasteiger partial charge in [0.05, 0.1) is 6.61 Å². The second-order valence-electron chi connectivity index (χ2n) is 7.17. The molecule has 26 heavy (non-hydrogen) atoms. The van der Waals surface area contributed by atoms with Crippen LogP contribution in [0.2, 0.25) is 0 Å². The van der Waals surface area contributed by atoms with Gasteiger partial charge in [0.1, 0.15) is 0 Å². The first-order valence-electron chi connectivity index (χ1n) is 9.99. The van der Waals surface area contributed by atoms with Crippen molar-refractivity contribution in [3.8, 4) is 0 Å². The van der Waals surface area contributed by atoms with Gasteiger partial charge in [-0.3, -0.25) is 9.59 Å². The van der Waals surface area contributed by atoms with E-state index in [0.717, 1.165) is 25.7 Å². The van der Waals surface area contributed by atoms with Crippen LogP contribution in [0, 0.1) is 0 Å². The number of ether oxygens (including phenoxy) is 1. The Hall–Kier alpha value is -1.79. The van der Waals surface area contributed by atoms with Crippen LogP contribution in [0.4, 0.5) is 4.79 Å². The lowest BCUT2D eigenvalue weighted by atomic mass is 10.1. The first-order chi connectivity index (χ1) is 12.5. The van der Waals surface area contributed by atoms with Crippen LogP contribution in [0.5, 0.6) is 0 Å². The summed E-state index contributed by atoms with van der Waals surface area (Å²) in [6.07, 6.45) is 6.96. The van der Waals surface area contributed by atoms with Gasteiger partial charge in [-0.15, -0.1) is 0 Å². The predicted molar refractivity (Wildman–Crippen MR) is 98.7 cm³/mol. The fourth-order valence-electron chi connectivity index (χ4n) is 3.89. The molecule has 1 heterocycles. The van der Waals surface area contributed by atoms with Crippen molar-refractivity contribution in [3.05, 3.63) is 0 Å². The number of piperazine rings is 1. The van der Waals surface area contributed by atoms with E-state index in [4.69, 9.17) is 4.74 Å². The Morgan fingerprint density at radius 3 is 2.08 bits per heavy atom. The molecule has 7 nitrogen and oxygen atoms in total. The number of nitrogens with zero attached hydrogens (tertiary/aromatic N) is 3. The lowest BCUT2D eigenvalue weighted by molar-refractivity contribution is -0.135. The van der Waals surface area contributed by atoms with Gasteiger partial charge < -0.3 is 19.4 Å². The summed E-state index contributed by atoms with van der Waals surface area (Å²) in [5.74, 6) is 0.130. The van der Waals surface area contributed by atoms with Crippen LogP contribution in [0.25, 0.3) is 0 Å². The molecule has 0 spiro atoms. The summed E-state index contributed by atoms with van der Waals surface area (Å²) in [4.78, 5) is 41.7. The molecule has 1 aliphatic carbocycles. The Morgan fingerprint density at radius 2 is 1.54 bits per heavy atom. The maximum atomic E-state index is 12.5. The molecule has 0 aromatic rings. The molecule has 2 aliphatic rings. The zero-order chi connectivity index (χ0) is 18.9. The van der Waals surface area contributed by atoms with Gasteiger partial charge in [-0.05, 0) is 19.8 Å². The van der Waals surface area contributed by atoms with E-state index in [-0.39, 0.29) is 23.9 Å². The van der Waals surface area contributed by atoms with Crippen LogP contribution in [-0.4, -0.2) is 78.0 Å². The van der Waals surface area contributed by atoms with Gasteiger partial charge in [-0.2, -0.15) is 0 Å².